The molecule has 0 saturated carbocycles. The fourth-order valence-corrected chi connectivity index (χ4v) is 1.67. The smallest absolute Gasteiger partial charge is 0.356 e. The Morgan fingerprint density at radius 1 is 1.42 bits per heavy atom. The summed E-state index contributed by atoms with van der Waals surface area (Å²) in [6, 6.07) is 1.78. The summed E-state index contributed by atoms with van der Waals surface area (Å²) in [4.78, 5) is 22.8. The molecule has 19 heavy (non-hydrogen) atoms. The second-order valence-electron chi connectivity index (χ2n) is 4.01. The van der Waals surface area contributed by atoms with Crippen LogP contribution in [0.15, 0.2) is 18.5 Å². The largest absolute Gasteiger partial charge is 0.476 e. The van der Waals surface area contributed by atoms with Crippen molar-refractivity contribution in [2.45, 2.75) is 13.5 Å². The molecule has 1 amide bonds. The molecule has 0 unspecified atom stereocenters. The van der Waals surface area contributed by atoms with E-state index in [1.165, 1.54) is 22.6 Å². The molecule has 2 heterocycles. The van der Waals surface area contributed by atoms with E-state index in [-0.39, 0.29) is 23.8 Å². The molecule has 0 atom stereocenters. The van der Waals surface area contributed by atoms with E-state index < -0.39 is 5.97 Å². The Bertz CT molecular complexity index is 628. The average molecular weight is 263 g/mol. The van der Waals surface area contributed by atoms with Gasteiger partial charge in [-0.3, -0.25) is 14.2 Å². The summed E-state index contributed by atoms with van der Waals surface area (Å²) >= 11 is 0. The molecule has 0 aliphatic rings. The van der Waals surface area contributed by atoms with Crippen molar-refractivity contribution in [3.8, 4) is 0 Å². The van der Waals surface area contributed by atoms with Crippen LogP contribution >= 0.6 is 0 Å². The number of nitrogens with one attached hydrogen (secondary N) is 1. The number of rotatable bonds is 4. The van der Waals surface area contributed by atoms with Gasteiger partial charge in [0.15, 0.2) is 5.69 Å². The number of carbonyl (C=O) groups is 2. The Labute approximate surface area is 108 Å². The van der Waals surface area contributed by atoms with E-state index in [9.17, 15) is 9.59 Å². The third-order valence-electron chi connectivity index (χ3n) is 2.64. The second-order valence-corrected chi connectivity index (χ2v) is 4.01. The van der Waals surface area contributed by atoms with Crippen LogP contribution in [0.3, 0.4) is 0 Å². The van der Waals surface area contributed by atoms with Crippen LogP contribution in [-0.4, -0.2) is 36.5 Å². The van der Waals surface area contributed by atoms with E-state index in [0.717, 1.165) is 5.69 Å². The number of carbonyl (C=O) groups excluding carboxylic acids is 1. The third-order valence-corrected chi connectivity index (χ3v) is 2.64. The topological polar surface area (TPSA) is 102 Å². The molecule has 0 bridgehead atoms. The number of amides is 1. The van der Waals surface area contributed by atoms with E-state index in [2.05, 4.69) is 15.5 Å². The predicted molar refractivity (Wildman–Crippen MR) is 65.8 cm³/mol. The molecule has 0 spiro atoms. The molecule has 0 saturated heterocycles. The molecular formula is C11H13N5O3. The van der Waals surface area contributed by atoms with Crippen molar-refractivity contribution in [3.63, 3.8) is 0 Å². The Balaban J connectivity index is 2.12. The Morgan fingerprint density at radius 2 is 2.16 bits per heavy atom. The number of carboxylic acids is 1. The van der Waals surface area contributed by atoms with Gasteiger partial charge in [-0.1, -0.05) is 0 Å². The third kappa shape index (κ3) is 2.62. The molecule has 8 heteroatoms. The van der Waals surface area contributed by atoms with Crippen LogP contribution in [-0.2, 0) is 18.4 Å². The average Bonchev–Trinajstić information content (AvgIpc) is 2.86. The first kappa shape index (κ1) is 12.8. The van der Waals surface area contributed by atoms with Gasteiger partial charge in [0, 0.05) is 18.9 Å². The molecule has 8 nitrogen and oxygen atoms in total. The lowest BCUT2D eigenvalue weighted by atomic mass is 10.3. The standard InChI is InChI=1S/C11H13N5O3/c1-7-3-4-12-16(7)6-9(17)14-8-5-13-15(2)10(8)11(18)19/h3-5H,6H2,1-2H3,(H,14,17)(H,18,19). The van der Waals surface area contributed by atoms with Gasteiger partial charge in [-0.25, -0.2) is 4.79 Å². The summed E-state index contributed by atoms with van der Waals surface area (Å²) < 4.78 is 2.71. The van der Waals surface area contributed by atoms with Gasteiger partial charge in [-0.15, -0.1) is 0 Å². The summed E-state index contributed by atoms with van der Waals surface area (Å²) in [6.07, 6.45) is 2.90. The van der Waals surface area contributed by atoms with E-state index in [1.807, 2.05) is 6.92 Å². The molecule has 2 aromatic heterocycles. The van der Waals surface area contributed by atoms with Gasteiger partial charge in [0.2, 0.25) is 5.91 Å². The van der Waals surface area contributed by atoms with E-state index in [4.69, 9.17) is 5.11 Å². The zero-order chi connectivity index (χ0) is 14.0. The summed E-state index contributed by atoms with van der Waals surface area (Å²) in [5.74, 6) is -1.51. The van der Waals surface area contributed by atoms with Gasteiger partial charge < -0.3 is 10.4 Å². The van der Waals surface area contributed by atoms with Crippen molar-refractivity contribution in [1.82, 2.24) is 19.6 Å². The fraction of sp³-hybridized carbons (Fsp3) is 0.273. The molecule has 2 rings (SSSR count). The lowest BCUT2D eigenvalue weighted by Crippen LogP contribution is -2.21. The van der Waals surface area contributed by atoms with Crippen molar-refractivity contribution < 1.29 is 14.7 Å². The van der Waals surface area contributed by atoms with Crippen molar-refractivity contribution in [1.29, 1.82) is 0 Å². The number of hydrogen-bond donors (Lipinski definition) is 2. The molecular weight excluding hydrogens is 250 g/mol. The number of aryl methyl sites for hydroxylation is 2. The van der Waals surface area contributed by atoms with Gasteiger partial charge >= 0.3 is 5.97 Å². The van der Waals surface area contributed by atoms with Gasteiger partial charge in [-0.05, 0) is 13.0 Å². The molecule has 2 N–H and O–H groups in total. The minimum atomic E-state index is -1.15. The number of aromatic nitrogens is 4. The number of carboxylic acid groups (broad SMARTS) is 1. The van der Waals surface area contributed by atoms with Crippen LogP contribution in [0.5, 0.6) is 0 Å². The second kappa shape index (κ2) is 4.92. The van der Waals surface area contributed by atoms with Crippen molar-refractivity contribution in [2.75, 3.05) is 5.32 Å². The molecule has 0 aromatic carbocycles. The fourth-order valence-electron chi connectivity index (χ4n) is 1.67. The van der Waals surface area contributed by atoms with Crippen LogP contribution in [0.4, 0.5) is 5.69 Å². The minimum Gasteiger partial charge on any atom is -0.476 e. The quantitative estimate of drug-likeness (QED) is 0.823. The normalized spacial score (nSPS) is 10.4. The first-order chi connectivity index (χ1) is 8.99. The zero-order valence-corrected chi connectivity index (χ0v) is 10.5. The van der Waals surface area contributed by atoms with Crippen LogP contribution < -0.4 is 5.32 Å². The maximum absolute atomic E-state index is 11.8. The Kier molecular flexibility index (Phi) is 3.32. The van der Waals surface area contributed by atoms with E-state index >= 15 is 0 Å². The first-order valence-corrected chi connectivity index (χ1v) is 5.52. The highest BCUT2D eigenvalue weighted by Gasteiger charge is 2.17. The van der Waals surface area contributed by atoms with Crippen LogP contribution in [0.2, 0.25) is 0 Å². The molecule has 0 aliphatic carbocycles. The van der Waals surface area contributed by atoms with Crippen LogP contribution in [0.1, 0.15) is 16.2 Å². The summed E-state index contributed by atoms with van der Waals surface area (Å²) in [5, 5.41) is 19.3. The molecule has 2 aromatic rings. The van der Waals surface area contributed by atoms with Gasteiger partial charge in [0.05, 0.1) is 11.9 Å². The predicted octanol–water partition coefficient (Wildman–Crippen LogP) is 0.262. The van der Waals surface area contributed by atoms with E-state index in [0.29, 0.717) is 0 Å². The van der Waals surface area contributed by atoms with Crippen molar-refractivity contribution in [3.05, 3.63) is 29.8 Å². The number of aromatic carboxylic acids is 1. The lowest BCUT2D eigenvalue weighted by Gasteiger charge is -2.06. The maximum Gasteiger partial charge on any atom is 0.356 e. The maximum atomic E-state index is 11.8. The van der Waals surface area contributed by atoms with Crippen LogP contribution in [0.25, 0.3) is 0 Å². The molecule has 0 fully saturated rings. The Morgan fingerprint density at radius 3 is 2.74 bits per heavy atom. The van der Waals surface area contributed by atoms with Gasteiger partial charge in [0.1, 0.15) is 6.54 Å². The van der Waals surface area contributed by atoms with Crippen molar-refractivity contribution in [2.24, 2.45) is 7.05 Å². The first-order valence-electron chi connectivity index (χ1n) is 5.52. The summed E-state index contributed by atoms with van der Waals surface area (Å²) in [7, 11) is 1.50. The number of anilines is 1. The summed E-state index contributed by atoms with van der Waals surface area (Å²) in [5.41, 5.74) is 0.954. The number of nitrogens with zero attached hydrogens (tertiary/aromatic N) is 4. The summed E-state index contributed by atoms with van der Waals surface area (Å²) in [6.45, 7) is 1.85. The monoisotopic (exact) mass is 263 g/mol. The highest BCUT2D eigenvalue weighted by molar-refractivity contribution is 5.99. The van der Waals surface area contributed by atoms with Crippen molar-refractivity contribution >= 4 is 17.6 Å². The SMILES string of the molecule is Cc1ccnn1CC(=O)Nc1cnn(C)c1C(=O)O. The zero-order valence-electron chi connectivity index (χ0n) is 10.5. The van der Waals surface area contributed by atoms with Gasteiger partial charge in [-0.2, -0.15) is 10.2 Å². The minimum absolute atomic E-state index is 0.0206. The lowest BCUT2D eigenvalue weighted by molar-refractivity contribution is -0.116. The molecule has 100 valence electrons. The highest BCUT2D eigenvalue weighted by atomic mass is 16.4. The van der Waals surface area contributed by atoms with E-state index in [1.54, 1.807) is 12.3 Å². The Hall–Kier alpha value is -2.64. The van der Waals surface area contributed by atoms with Gasteiger partial charge in [0.25, 0.3) is 0 Å². The number of hydrogen-bond acceptors (Lipinski definition) is 4. The highest BCUT2D eigenvalue weighted by Crippen LogP contribution is 2.13. The molecule has 0 aliphatic heterocycles. The molecule has 0 radical (unpaired) electrons. The van der Waals surface area contributed by atoms with Crippen LogP contribution in [0, 0.1) is 6.92 Å².